The van der Waals surface area contributed by atoms with Crippen LogP contribution in [0.2, 0.25) is 0 Å². The molecule has 1 fully saturated rings. The van der Waals surface area contributed by atoms with E-state index in [9.17, 15) is 4.79 Å². The van der Waals surface area contributed by atoms with Gasteiger partial charge in [-0.25, -0.2) is 0 Å². The molecule has 1 unspecified atom stereocenters. The molecule has 2 rings (SSSR count). The van der Waals surface area contributed by atoms with Gasteiger partial charge in [0.2, 0.25) is 5.91 Å². The molecule has 0 aromatic heterocycles. The summed E-state index contributed by atoms with van der Waals surface area (Å²) in [5.41, 5.74) is 1.10. The number of aliphatic imine (C=N–C) groups is 1. The zero-order chi connectivity index (χ0) is 19.9. The van der Waals surface area contributed by atoms with Crippen molar-refractivity contribution >= 4 is 35.8 Å². The Kier molecular flexibility index (Phi) is 14.5. The van der Waals surface area contributed by atoms with Crippen LogP contribution >= 0.6 is 24.0 Å². The summed E-state index contributed by atoms with van der Waals surface area (Å²) in [6.07, 6.45) is 2.39. The smallest absolute Gasteiger partial charge is 0.222 e. The fourth-order valence-corrected chi connectivity index (χ4v) is 2.84. The molecule has 0 spiro atoms. The van der Waals surface area contributed by atoms with Gasteiger partial charge in [0, 0.05) is 51.7 Å². The molecule has 1 aliphatic rings. The average molecular weight is 518 g/mol. The maximum Gasteiger partial charge on any atom is 0.222 e. The van der Waals surface area contributed by atoms with Crippen molar-refractivity contribution in [1.29, 1.82) is 0 Å². The highest BCUT2D eigenvalue weighted by molar-refractivity contribution is 14.0. The van der Waals surface area contributed by atoms with Crippen molar-refractivity contribution < 1.29 is 14.3 Å². The highest BCUT2D eigenvalue weighted by Crippen LogP contribution is 2.12. The van der Waals surface area contributed by atoms with Gasteiger partial charge in [-0.3, -0.25) is 9.79 Å². The minimum Gasteiger partial charge on any atom is -0.381 e. The van der Waals surface area contributed by atoms with Crippen LogP contribution in [0.25, 0.3) is 0 Å². The normalized spacial score (nSPS) is 16.2. The number of ether oxygens (including phenoxy) is 2. The quantitative estimate of drug-likeness (QED) is 0.171. The second-order valence-electron chi connectivity index (χ2n) is 6.86. The Morgan fingerprint density at radius 3 is 2.79 bits per heavy atom. The van der Waals surface area contributed by atoms with Crippen LogP contribution in [0.3, 0.4) is 0 Å². The largest absolute Gasteiger partial charge is 0.381 e. The van der Waals surface area contributed by atoms with E-state index in [2.05, 4.69) is 20.9 Å². The number of guanidine groups is 1. The number of hydrogen-bond donors (Lipinski definition) is 3. The molecule has 0 bridgehead atoms. The SMILES string of the molecule is CCNC(=NCCCOCC1CCOC1)NCCC(=O)NCc1ccccc1.I. The third-order valence-electron chi connectivity index (χ3n) is 4.42. The zero-order valence-corrected chi connectivity index (χ0v) is 19.7. The van der Waals surface area contributed by atoms with E-state index in [1.165, 1.54) is 0 Å². The second-order valence-corrected chi connectivity index (χ2v) is 6.86. The van der Waals surface area contributed by atoms with Crippen molar-refractivity contribution in [2.75, 3.05) is 46.1 Å². The summed E-state index contributed by atoms with van der Waals surface area (Å²) in [4.78, 5) is 16.5. The second kappa shape index (κ2) is 16.4. The number of benzene rings is 1. The van der Waals surface area contributed by atoms with E-state index in [0.717, 1.165) is 50.7 Å². The fraction of sp³-hybridized carbons (Fsp3) is 0.619. The summed E-state index contributed by atoms with van der Waals surface area (Å²) in [5, 5.41) is 9.34. The average Bonchev–Trinajstić information content (AvgIpc) is 3.23. The molecular weight excluding hydrogens is 483 g/mol. The van der Waals surface area contributed by atoms with E-state index in [1.807, 2.05) is 37.3 Å². The van der Waals surface area contributed by atoms with E-state index in [4.69, 9.17) is 9.47 Å². The van der Waals surface area contributed by atoms with E-state index < -0.39 is 0 Å². The first-order chi connectivity index (χ1) is 13.8. The van der Waals surface area contributed by atoms with Crippen LogP contribution in [-0.2, 0) is 20.8 Å². The standard InChI is InChI=1S/C21H34N4O3.HI/c1-2-22-21(23-11-6-13-27-16-19-10-14-28-17-19)24-12-9-20(26)25-15-18-7-4-3-5-8-18;/h3-5,7-8,19H,2,6,9-17H2,1H3,(H,25,26)(H2,22,23,24);1H. The molecule has 1 amide bonds. The Balaban J connectivity index is 0.00000420. The Hall–Kier alpha value is -1.39. The van der Waals surface area contributed by atoms with E-state index in [-0.39, 0.29) is 29.9 Å². The number of hydrogen-bond acceptors (Lipinski definition) is 4. The molecule has 0 saturated carbocycles. The molecule has 1 atom stereocenters. The van der Waals surface area contributed by atoms with E-state index >= 15 is 0 Å². The molecule has 0 radical (unpaired) electrons. The van der Waals surface area contributed by atoms with Gasteiger partial charge in [0.1, 0.15) is 0 Å². The van der Waals surface area contributed by atoms with Gasteiger partial charge in [-0.2, -0.15) is 0 Å². The first-order valence-corrected chi connectivity index (χ1v) is 10.3. The maximum absolute atomic E-state index is 12.0. The number of amides is 1. The zero-order valence-electron chi connectivity index (χ0n) is 17.3. The van der Waals surface area contributed by atoms with Gasteiger partial charge in [0.15, 0.2) is 5.96 Å². The lowest BCUT2D eigenvalue weighted by atomic mass is 10.1. The van der Waals surface area contributed by atoms with Crippen molar-refractivity contribution in [1.82, 2.24) is 16.0 Å². The Bertz CT molecular complexity index is 581. The van der Waals surface area contributed by atoms with Gasteiger partial charge >= 0.3 is 0 Å². The molecule has 1 aliphatic heterocycles. The number of nitrogens with one attached hydrogen (secondary N) is 3. The lowest BCUT2D eigenvalue weighted by Gasteiger charge is -2.12. The van der Waals surface area contributed by atoms with Crippen molar-refractivity contribution in [2.24, 2.45) is 10.9 Å². The molecule has 29 heavy (non-hydrogen) atoms. The molecule has 7 nitrogen and oxygen atoms in total. The molecular formula is C21H35IN4O3. The van der Waals surface area contributed by atoms with E-state index in [1.54, 1.807) is 0 Å². The minimum atomic E-state index is 0. The van der Waals surface area contributed by atoms with Crippen LogP contribution in [0.1, 0.15) is 31.7 Å². The summed E-state index contributed by atoms with van der Waals surface area (Å²) >= 11 is 0. The molecule has 1 aromatic rings. The van der Waals surface area contributed by atoms with Crippen LogP contribution in [0, 0.1) is 5.92 Å². The van der Waals surface area contributed by atoms with Gasteiger partial charge in [0.25, 0.3) is 0 Å². The van der Waals surface area contributed by atoms with Crippen LogP contribution < -0.4 is 16.0 Å². The van der Waals surface area contributed by atoms with Crippen molar-refractivity contribution in [2.45, 2.75) is 32.7 Å². The van der Waals surface area contributed by atoms with Crippen molar-refractivity contribution in [3.63, 3.8) is 0 Å². The molecule has 8 heteroatoms. The minimum absolute atomic E-state index is 0. The molecule has 3 N–H and O–H groups in total. The molecule has 1 saturated heterocycles. The Morgan fingerprint density at radius 2 is 2.07 bits per heavy atom. The first-order valence-electron chi connectivity index (χ1n) is 10.3. The van der Waals surface area contributed by atoms with Gasteiger partial charge in [-0.15, -0.1) is 24.0 Å². The lowest BCUT2D eigenvalue weighted by Crippen LogP contribution is -2.39. The third kappa shape index (κ3) is 12.0. The number of carbonyl (C=O) groups is 1. The molecule has 1 aromatic carbocycles. The lowest BCUT2D eigenvalue weighted by molar-refractivity contribution is -0.121. The van der Waals surface area contributed by atoms with Crippen molar-refractivity contribution in [3.05, 3.63) is 35.9 Å². The Labute approximate surface area is 191 Å². The highest BCUT2D eigenvalue weighted by Gasteiger charge is 2.15. The van der Waals surface area contributed by atoms with Gasteiger partial charge in [0.05, 0.1) is 13.2 Å². The summed E-state index contributed by atoms with van der Waals surface area (Å²) in [7, 11) is 0. The number of rotatable bonds is 12. The van der Waals surface area contributed by atoms with Crippen LogP contribution in [0.4, 0.5) is 0 Å². The molecule has 164 valence electrons. The van der Waals surface area contributed by atoms with Gasteiger partial charge in [-0.1, -0.05) is 30.3 Å². The Morgan fingerprint density at radius 1 is 1.24 bits per heavy atom. The monoisotopic (exact) mass is 518 g/mol. The van der Waals surface area contributed by atoms with Crippen LogP contribution in [0.15, 0.2) is 35.3 Å². The van der Waals surface area contributed by atoms with Gasteiger partial charge < -0.3 is 25.4 Å². The summed E-state index contributed by atoms with van der Waals surface area (Å²) in [6, 6.07) is 9.90. The summed E-state index contributed by atoms with van der Waals surface area (Å²) < 4.78 is 11.0. The highest BCUT2D eigenvalue weighted by atomic mass is 127. The topological polar surface area (TPSA) is 84.0 Å². The number of halogens is 1. The van der Waals surface area contributed by atoms with Crippen molar-refractivity contribution in [3.8, 4) is 0 Å². The van der Waals surface area contributed by atoms with E-state index in [0.29, 0.717) is 38.6 Å². The predicted molar refractivity (Wildman–Crippen MR) is 127 cm³/mol. The van der Waals surface area contributed by atoms with Crippen LogP contribution in [0.5, 0.6) is 0 Å². The fourth-order valence-electron chi connectivity index (χ4n) is 2.84. The third-order valence-corrected chi connectivity index (χ3v) is 4.42. The summed E-state index contributed by atoms with van der Waals surface area (Å²) in [5.74, 6) is 1.31. The summed E-state index contributed by atoms with van der Waals surface area (Å²) in [6.45, 7) is 7.77. The van der Waals surface area contributed by atoms with Crippen LogP contribution in [-0.4, -0.2) is 57.9 Å². The number of carbonyl (C=O) groups excluding carboxylic acids is 1. The molecule has 0 aliphatic carbocycles. The molecule has 1 heterocycles. The van der Waals surface area contributed by atoms with Gasteiger partial charge in [-0.05, 0) is 25.3 Å². The number of nitrogens with zero attached hydrogens (tertiary/aromatic N) is 1. The maximum atomic E-state index is 12.0. The first kappa shape index (κ1) is 25.6. The predicted octanol–water partition coefficient (Wildman–Crippen LogP) is 2.31.